The zero-order valence-corrected chi connectivity index (χ0v) is 9.24. The first-order valence-corrected chi connectivity index (χ1v) is 4.54. The maximum absolute atomic E-state index is 11.9. The molecular formula is C10H10FNO6. The van der Waals surface area contributed by atoms with Gasteiger partial charge in [-0.05, 0) is 12.1 Å². The number of carboxylic acid groups (broad SMARTS) is 2. The first kappa shape index (κ1) is 15.5. The number of benzene rings is 1. The van der Waals surface area contributed by atoms with E-state index in [1.165, 1.54) is 12.1 Å². The highest BCUT2D eigenvalue weighted by molar-refractivity contribution is 6.00. The first-order chi connectivity index (χ1) is 8.22. The van der Waals surface area contributed by atoms with Crippen LogP contribution >= 0.6 is 0 Å². The van der Waals surface area contributed by atoms with Crippen LogP contribution in [0.25, 0.3) is 0 Å². The molecule has 0 amide bonds. The van der Waals surface area contributed by atoms with E-state index in [2.05, 4.69) is 0 Å². The highest BCUT2D eigenvalue weighted by atomic mass is 19.1. The van der Waals surface area contributed by atoms with Crippen LogP contribution in [0, 0.1) is 15.9 Å². The Bertz CT molecular complexity index is 411. The first-order valence-electron chi connectivity index (χ1n) is 4.54. The molecule has 0 aliphatic heterocycles. The van der Waals surface area contributed by atoms with Crippen molar-refractivity contribution < 1.29 is 29.1 Å². The summed E-state index contributed by atoms with van der Waals surface area (Å²) in [5, 5.41) is 26.2. The Kier molecular flexibility index (Phi) is 5.40. The standard InChI is InChI=1S/C6H5F.C4H5NO6/c7-6-4-2-1-3-5-6;1-4(2(6)7,3(8)9)5(10)11/h1-5H;1H3,(H,6,7)(H,8,9). The van der Waals surface area contributed by atoms with Crippen molar-refractivity contribution in [3.05, 3.63) is 46.3 Å². The zero-order valence-electron chi connectivity index (χ0n) is 9.24. The van der Waals surface area contributed by atoms with E-state index < -0.39 is 22.4 Å². The van der Waals surface area contributed by atoms with E-state index in [1.807, 2.05) is 0 Å². The smallest absolute Gasteiger partial charge is 0.407 e. The van der Waals surface area contributed by atoms with E-state index >= 15 is 0 Å². The van der Waals surface area contributed by atoms with Crippen LogP contribution in [0.5, 0.6) is 0 Å². The monoisotopic (exact) mass is 259 g/mol. The Morgan fingerprint density at radius 3 is 1.72 bits per heavy atom. The summed E-state index contributed by atoms with van der Waals surface area (Å²) < 4.78 is 11.9. The second-order valence-electron chi connectivity index (χ2n) is 3.24. The van der Waals surface area contributed by atoms with Gasteiger partial charge in [0, 0.05) is 11.8 Å². The van der Waals surface area contributed by atoms with Gasteiger partial charge < -0.3 is 10.2 Å². The molecule has 8 heteroatoms. The number of hydrogen-bond donors (Lipinski definition) is 2. The van der Waals surface area contributed by atoms with Gasteiger partial charge in [-0.3, -0.25) is 10.1 Å². The molecule has 0 heterocycles. The molecule has 0 aliphatic carbocycles. The highest BCUT2D eigenvalue weighted by Gasteiger charge is 2.54. The molecule has 0 aliphatic rings. The fourth-order valence-corrected chi connectivity index (χ4v) is 0.662. The minimum Gasteiger partial charge on any atom is -0.475 e. The number of halogens is 1. The van der Waals surface area contributed by atoms with Crippen LogP contribution in [0.4, 0.5) is 4.39 Å². The summed E-state index contributed by atoms with van der Waals surface area (Å²) in [6, 6.07) is 7.94. The molecule has 1 aromatic rings. The van der Waals surface area contributed by atoms with Gasteiger partial charge in [-0.1, -0.05) is 18.2 Å². The molecule has 0 fully saturated rings. The van der Waals surface area contributed by atoms with Crippen LogP contribution < -0.4 is 0 Å². The van der Waals surface area contributed by atoms with Gasteiger partial charge in [0.25, 0.3) is 0 Å². The van der Waals surface area contributed by atoms with Gasteiger partial charge in [0.05, 0.1) is 0 Å². The highest BCUT2D eigenvalue weighted by Crippen LogP contribution is 2.08. The Hall–Kier alpha value is -2.51. The molecule has 1 aromatic carbocycles. The van der Waals surface area contributed by atoms with Crippen molar-refractivity contribution in [3.63, 3.8) is 0 Å². The number of aliphatic carboxylic acids is 2. The number of carbonyl (C=O) groups is 2. The quantitative estimate of drug-likeness (QED) is 0.475. The fraction of sp³-hybridized carbons (Fsp3) is 0.200. The second kappa shape index (κ2) is 6.28. The summed E-state index contributed by atoms with van der Waals surface area (Å²) in [5.41, 5.74) is -2.94. The lowest BCUT2D eigenvalue weighted by Crippen LogP contribution is -2.50. The molecule has 0 saturated carbocycles. The average Bonchev–Trinajstić information content (AvgIpc) is 2.28. The number of carboxylic acids is 2. The predicted molar refractivity (Wildman–Crippen MR) is 57.1 cm³/mol. The van der Waals surface area contributed by atoms with Crippen LogP contribution in [0.3, 0.4) is 0 Å². The lowest BCUT2D eigenvalue weighted by Gasteiger charge is -2.08. The number of nitro groups is 1. The number of hydrogen-bond acceptors (Lipinski definition) is 4. The van der Waals surface area contributed by atoms with E-state index in [0.717, 1.165) is 0 Å². The van der Waals surface area contributed by atoms with Crippen molar-refractivity contribution in [2.75, 3.05) is 0 Å². The van der Waals surface area contributed by atoms with Crippen LogP contribution in [0.1, 0.15) is 6.92 Å². The van der Waals surface area contributed by atoms with Gasteiger partial charge in [0.2, 0.25) is 0 Å². The molecule has 0 radical (unpaired) electrons. The van der Waals surface area contributed by atoms with Crippen molar-refractivity contribution in [1.29, 1.82) is 0 Å². The molecule has 0 bridgehead atoms. The Labute approximate surface area is 101 Å². The molecule has 2 N–H and O–H groups in total. The van der Waals surface area contributed by atoms with E-state index in [1.54, 1.807) is 18.2 Å². The lowest BCUT2D eigenvalue weighted by atomic mass is 10.1. The molecule has 7 nitrogen and oxygen atoms in total. The van der Waals surface area contributed by atoms with Gasteiger partial charge in [-0.15, -0.1) is 0 Å². The third-order valence-corrected chi connectivity index (χ3v) is 1.93. The molecular weight excluding hydrogens is 249 g/mol. The van der Waals surface area contributed by atoms with Crippen LogP contribution in [0.15, 0.2) is 30.3 Å². The van der Waals surface area contributed by atoms with E-state index in [9.17, 15) is 24.1 Å². The van der Waals surface area contributed by atoms with E-state index in [-0.39, 0.29) is 5.82 Å². The van der Waals surface area contributed by atoms with Crippen LogP contribution in [-0.2, 0) is 9.59 Å². The summed E-state index contributed by atoms with van der Waals surface area (Å²) in [6.07, 6.45) is 0. The minimum absolute atomic E-state index is 0.178. The third kappa shape index (κ3) is 3.81. The summed E-state index contributed by atoms with van der Waals surface area (Å²) in [5.74, 6) is -4.16. The minimum atomic E-state index is -2.94. The van der Waals surface area contributed by atoms with Crippen molar-refractivity contribution in [3.8, 4) is 0 Å². The number of nitrogens with zero attached hydrogens (tertiary/aromatic N) is 1. The maximum Gasteiger partial charge on any atom is 0.407 e. The van der Waals surface area contributed by atoms with Crippen molar-refractivity contribution in [1.82, 2.24) is 0 Å². The Balaban J connectivity index is 0.000000351. The second-order valence-corrected chi connectivity index (χ2v) is 3.24. The molecule has 98 valence electrons. The number of rotatable bonds is 3. The zero-order chi connectivity index (χ0) is 14.3. The van der Waals surface area contributed by atoms with Crippen LogP contribution in [-0.4, -0.2) is 32.6 Å². The van der Waals surface area contributed by atoms with Crippen molar-refractivity contribution in [2.24, 2.45) is 0 Å². The Morgan fingerprint density at radius 2 is 1.61 bits per heavy atom. The van der Waals surface area contributed by atoms with Gasteiger partial charge in [-0.25, -0.2) is 14.0 Å². The Morgan fingerprint density at radius 1 is 1.22 bits per heavy atom. The van der Waals surface area contributed by atoms with Gasteiger partial charge in [0.1, 0.15) is 5.82 Å². The lowest BCUT2D eigenvalue weighted by molar-refractivity contribution is -0.536. The van der Waals surface area contributed by atoms with Gasteiger partial charge >= 0.3 is 17.5 Å². The molecule has 0 atom stereocenters. The SMILES string of the molecule is CC(C(=O)O)(C(=O)O)[N+](=O)[O-].Fc1ccccc1. The average molecular weight is 259 g/mol. The normalized spacial score (nSPS) is 9.89. The molecule has 18 heavy (non-hydrogen) atoms. The van der Waals surface area contributed by atoms with Gasteiger partial charge in [-0.2, -0.15) is 0 Å². The predicted octanol–water partition coefficient (Wildman–Crippen LogP) is 1.02. The van der Waals surface area contributed by atoms with Crippen LogP contribution in [0.2, 0.25) is 0 Å². The summed E-state index contributed by atoms with van der Waals surface area (Å²) in [6.45, 7) is 0.512. The summed E-state index contributed by atoms with van der Waals surface area (Å²) >= 11 is 0. The van der Waals surface area contributed by atoms with E-state index in [0.29, 0.717) is 6.92 Å². The van der Waals surface area contributed by atoms with E-state index in [4.69, 9.17) is 10.2 Å². The van der Waals surface area contributed by atoms with Crippen molar-refractivity contribution >= 4 is 11.9 Å². The maximum atomic E-state index is 11.9. The molecule has 0 unspecified atom stereocenters. The molecule has 0 aromatic heterocycles. The van der Waals surface area contributed by atoms with Crippen molar-refractivity contribution in [2.45, 2.75) is 12.5 Å². The fourth-order valence-electron chi connectivity index (χ4n) is 0.662. The summed E-state index contributed by atoms with van der Waals surface area (Å²) in [4.78, 5) is 28.7. The third-order valence-electron chi connectivity index (χ3n) is 1.93. The molecule has 0 saturated heterocycles. The van der Waals surface area contributed by atoms with Gasteiger partial charge in [0.15, 0.2) is 0 Å². The molecule has 1 rings (SSSR count). The summed E-state index contributed by atoms with van der Waals surface area (Å²) in [7, 11) is 0. The largest absolute Gasteiger partial charge is 0.475 e. The topological polar surface area (TPSA) is 118 Å². The molecule has 0 spiro atoms.